The van der Waals surface area contributed by atoms with Crippen LogP contribution in [0.15, 0.2) is 0 Å². The van der Waals surface area contributed by atoms with Crippen LogP contribution < -0.4 is 5.32 Å². The van der Waals surface area contributed by atoms with Crippen LogP contribution >= 0.6 is 0 Å². The van der Waals surface area contributed by atoms with Gasteiger partial charge in [-0.1, -0.05) is 26.7 Å². The highest BCUT2D eigenvalue weighted by atomic mass is 15.3. The second-order valence-electron chi connectivity index (χ2n) is 6.87. The molecule has 1 aliphatic heterocycles. The lowest BCUT2D eigenvalue weighted by atomic mass is 9.95. The molecule has 0 amide bonds. The molecule has 1 aliphatic carbocycles. The van der Waals surface area contributed by atoms with E-state index in [9.17, 15) is 0 Å². The monoisotopic (exact) mass is 253 g/mol. The Balaban J connectivity index is 1.86. The first-order valence-electron chi connectivity index (χ1n) is 7.68. The Morgan fingerprint density at radius 1 is 1.28 bits per heavy atom. The molecule has 1 atom stereocenters. The molecule has 106 valence electrons. The lowest BCUT2D eigenvalue weighted by Gasteiger charge is -2.39. The first-order chi connectivity index (χ1) is 8.52. The van der Waals surface area contributed by atoms with E-state index in [-0.39, 0.29) is 0 Å². The van der Waals surface area contributed by atoms with E-state index in [4.69, 9.17) is 0 Å². The fourth-order valence-corrected chi connectivity index (χ4v) is 3.78. The number of likely N-dealkylation sites (N-methyl/N-ethyl adjacent to an activating group) is 1. The lowest BCUT2D eigenvalue weighted by Crippen LogP contribution is -2.51. The van der Waals surface area contributed by atoms with Crippen LogP contribution in [0.3, 0.4) is 0 Å². The maximum Gasteiger partial charge on any atom is 0.0330 e. The van der Waals surface area contributed by atoms with E-state index in [0.717, 1.165) is 0 Å². The Hall–Kier alpha value is -0.120. The predicted molar refractivity (Wildman–Crippen MR) is 78.0 cm³/mol. The summed E-state index contributed by atoms with van der Waals surface area (Å²) in [6.45, 7) is 8.30. The van der Waals surface area contributed by atoms with Crippen molar-refractivity contribution in [2.75, 3.05) is 33.7 Å². The summed E-state index contributed by atoms with van der Waals surface area (Å²) in [5, 5.41) is 3.68. The van der Waals surface area contributed by atoms with Gasteiger partial charge in [-0.05, 0) is 39.9 Å². The molecule has 0 aromatic carbocycles. The largest absolute Gasteiger partial charge is 0.310 e. The summed E-state index contributed by atoms with van der Waals surface area (Å²) in [6.07, 6.45) is 6.93. The van der Waals surface area contributed by atoms with Gasteiger partial charge in [0.2, 0.25) is 0 Å². The molecule has 3 heteroatoms. The van der Waals surface area contributed by atoms with Gasteiger partial charge in [0.05, 0.1) is 0 Å². The first kappa shape index (κ1) is 14.3. The van der Waals surface area contributed by atoms with E-state index in [1.54, 1.807) is 0 Å². The van der Waals surface area contributed by atoms with E-state index in [2.05, 4.69) is 43.1 Å². The van der Waals surface area contributed by atoms with Gasteiger partial charge in [-0.25, -0.2) is 0 Å². The Morgan fingerprint density at radius 2 is 1.94 bits per heavy atom. The molecule has 1 saturated heterocycles. The van der Waals surface area contributed by atoms with Crippen molar-refractivity contribution in [1.29, 1.82) is 0 Å². The summed E-state index contributed by atoms with van der Waals surface area (Å²) in [4.78, 5) is 5.18. The quantitative estimate of drug-likeness (QED) is 0.808. The van der Waals surface area contributed by atoms with E-state index in [1.807, 2.05) is 0 Å². The zero-order chi connectivity index (χ0) is 13.2. The number of hydrogen-bond acceptors (Lipinski definition) is 3. The van der Waals surface area contributed by atoms with Crippen LogP contribution in [0.4, 0.5) is 0 Å². The Kier molecular flexibility index (Phi) is 4.68. The molecule has 2 aliphatic rings. The van der Waals surface area contributed by atoms with Gasteiger partial charge in [0.1, 0.15) is 0 Å². The van der Waals surface area contributed by atoms with Gasteiger partial charge in [-0.15, -0.1) is 0 Å². The van der Waals surface area contributed by atoms with Crippen molar-refractivity contribution in [1.82, 2.24) is 15.1 Å². The molecule has 18 heavy (non-hydrogen) atoms. The molecule has 2 fully saturated rings. The maximum absolute atomic E-state index is 3.68. The van der Waals surface area contributed by atoms with Gasteiger partial charge in [-0.3, -0.25) is 4.90 Å². The summed E-state index contributed by atoms with van der Waals surface area (Å²) in [7, 11) is 4.54. The highest BCUT2D eigenvalue weighted by molar-refractivity contribution is 4.97. The van der Waals surface area contributed by atoms with Crippen molar-refractivity contribution in [2.24, 2.45) is 0 Å². The fourth-order valence-electron chi connectivity index (χ4n) is 3.78. The van der Waals surface area contributed by atoms with Crippen LogP contribution in [0.25, 0.3) is 0 Å². The van der Waals surface area contributed by atoms with Crippen molar-refractivity contribution < 1.29 is 0 Å². The summed E-state index contributed by atoms with van der Waals surface area (Å²) in [5.41, 5.74) is 0.465. The number of hydrogen-bond donors (Lipinski definition) is 1. The predicted octanol–water partition coefficient (Wildman–Crippen LogP) is 1.93. The fraction of sp³-hybridized carbons (Fsp3) is 1.00. The van der Waals surface area contributed by atoms with E-state index in [1.165, 1.54) is 51.7 Å². The second kappa shape index (κ2) is 5.89. The zero-order valence-corrected chi connectivity index (χ0v) is 12.7. The molecule has 1 N–H and O–H groups in total. The third-order valence-electron chi connectivity index (χ3n) is 4.84. The molecule has 1 unspecified atom stereocenters. The van der Waals surface area contributed by atoms with Crippen molar-refractivity contribution in [3.05, 3.63) is 0 Å². The van der Waals surface area contributed by atoms with Crippen molar-refractivity contribution in [3.8, 4) is 0 Å². The van der Waals surface area contributed by atoms with Gasteiger partial charge in [-0.2, -0.15) is 0 Å². The smallest absolute Gasteiger partial charge is 0.0330 e. The van der Waals surface area contributed by atoms with Gasteiger partial charge in [0.15, 0.2) is 0 Å². The highest BCUT2D eigenvalue weighted by Gasteiger charge is 2.38. The summed E-state index contributed by atoms with van der Waals surface area (Å²) >= 11 is 0. The Labute approximate surface area is 113 Å². The average molecular weight is 253 g/mol. The minimum Gasteiger partial charge on any atom is -0.310 e. The Bertz CT molecular complexity index is 256. The lowest BCUT2D eigenvalue weighted by molar-refractivity contribution is 0.104. The summed E-state index contributed by atoms with van der Waals surface area (Å²) in [6, 6.07) is 1.33. The highest BCUT2D eigenvalue weighted by Crippen LogP contribution is 2.35. The molecular weight excluding hydrogens is 222 g/mol. The average Bonchev–Trinajstić information content (AvgIpc) is 2.88. The molecule has 0 radical (unpaired) electrons. The van der Waals surface area contributed by atoms with E-state index >= 15 is 0 Å². The van der Waals surface area contributed by atoms with E-state index < -0.39 is 0 Å². The minimum absolute atomic E-state index is 0.465. The minimum atomic E-state index is 0.465. The number of nitrogens with zero attached hydrogens (tertiary/aromatic N) is 2. The standard InChI is InChI=1S/C15H31N3/c1-13(2)16-14-7-10-18(11-14)12-15(17(3)4)8-5-6-9-15/h13-14,16H,5-12H2,1-4H3. The van der Waals surface area contributed by atoms with Crippen LogP contribution in [0.1, 0.15) is 46.0 Å². The summed E-state index contributed by atoms with van der Waals surface area (Å²) in [5.74, 6) is 0. The molecule has 0 spiro atoms. The number of nitrogens with one attached hydrogen (secondary N) is 1. The van der Waals surface area contributed by atoms with Crippen LogP contribution in [-0.2, 0) is 0 Å². The second-order valence-corrected chi connectivity index (χ2v) is 6.87. The molecule has 1 heterocycles. The summed E-state index contributed by atoms with van der Waals surface area (Å²) < 4.78 is 0. The van der Waals surface area contributed by atoms with Crippen LogP contribution in [-0.4, -0.2) is 61.2 Å². The van der Waals surface area contributed by atoms with Crippen LogP contribution in [0.5, 0.6) is 0 Å². The molecule has 0 aromatic rings. The Morgan fingerprint density at radius 3 is 2.50 bits per heavy atom. The number of likely N-dealkylation sites (tertiary alicyclic amines) is 1. The number of rotatable bonds is 5. The van der Waals surface area contributed by atoms with Gasteiger partial charge >= 0.3 is 0 Å². The zero-order valence-electron chi connectivity index (χ0n) is 12.7. The SMILES string of the molecule is CC(C)NC1CCN(CC2(N(C)C)CCCC2)C1. The topological polar surface area (TPSA) is 18.5 Å². The van der Waals surface area contributed by atoms with Gasteiger partial charge < -0.3 is 10.2 Å². The van der Waals surface area contributed by atoms with Crippen molar-refractivity contribution in [3.63, 3.8) is 0 Å². The van der Waals surface area contributed by atoms with Crippen molar-refractivity contribution in [2.45, 2.75) is 63.6 Å². The van der Waals surface area contributed by atoms with E-state index in [0.29, 0.717) is 17.6 Å². The third kappa shape index (κ3) is 3.25. The normalized spacial score (nSPS) is 28.7. The molecule has 0 aromatic heterocycles. The van der Waals surface area contributed by atoms with Crippen LogP contribution in [0, 0.1) is 0 Å². The molecule has 2 rings (SSSR count). The maximum atomic E-state index is 3.68. The van der Waals surface area contributed by atoms with Gasteiger partial charge in [0.25, 0.3) is 0 Å². The molecule has 3 nitrogen and oxygen atoms in total. The van der Waals surface area contributed by atoms with Gasteiger partial charge in [0, 0.05) is 30.7 Å². The third-order valence-corrected chi connectivity index (χ3v) is 4.84. The molecule has 1 saturated carbocycles. The molecular formula is C15H31N3. The molecule has 0 bridgehead atoms. The first-order valence-corrected chi connectivity index (χ1v) is 7.68. The van der Waals surface area contributed by atoms with Crippen LogP contribution in [0.2, 0.25) is 0 Å². The van der Waals surface area contributed by atoms with Crippen molar-refractivity contribution >= 4 is 0 Å².